The summed E-state index contributed by atoms with van der Waals surface area (Å²) in [6.07, 6.45) is 7.05. The Kier molecular flexibility index (Phi) is 6.33. The summed E-state index contributed by atoms with van der Waals surface area (Å²) < 4.78 is 7.61. The van der Waals surface area contributed by atoms with Gasteiger partial charge in [0.1, 0.15) is 5.54 Å². The molecule has 3 heterocycles. The zero-order valence-electron chi connectivity index (χ0n) is 19.3. The van der Waals surface area contributed by atoms with Crippen molar-refractivity contribution in [1.82, 2.24) is 30.5 Å². The molecule has 182 valence electrons. The maximum Gasteiger partial charge on any atom is 0.344 e. The number of carbonyl (C=O) groups is 3. The van der Waals surface area contributed by atoms with Crippen LogP contribution in [0.5, 0.6) is 0 Å². The van der Waals surface area contributed by atoms with Crippen molar-refractivity contribution in [3.63, 3.8) is 0 Å². The topological polar surface area (TPSA) is 122 Å². The van der Waals surface area contributed by atoms with Gasteiger partial charge in [0.15, 0.2) is 10.9 Å². The number of hydrazine groups is 1. The molecule has 1 atom stereocenters. The number of nitrogens with one attached hydrogen (secondary N) is 2. The van der Waals surface area contributed by atoms with Gasteiger partial charge in [-0.1, -0.05) is 61.4 Å². The van der Waals surface area contributed by atoms with Crippen molar-refractivity contribution in [2.24, 2.45) is 0 Å². The van der Waals surface area contributed by atoms with Gasteiger partial charge < -0.3 is 9.73 Å². The highest BCUT2D eigenvalue weighted by Crippen LogP contribution is 2.35. The van der Waals surface area contributed by atoms with Crippen LogP contribution in [0, 0.1) is 0 Å². The molecule has 4 amide bonds. The fraction of sp³-hybridized carbons (Fsp3) is 0.375. The summed E-state index contributed by atoms with van der Waals surface area (Å²) in [7, 11) is 0. The van der Waals surface area contributed by atoms with Gasteiger partial charge in [0.2, 0.25) is 11.7 Å². The number of amides is 4. The molecule has 1 aromatic carbocycles. The van der Waals surface area contributed by atoms with E-state index in [1.165, 1.54) is 18.2 Å². The van der Waals surface area contributed by atoms with Crippen LogP contribution in [0.3, 0.4) is 0 Å². The van der Waals surface area contributed by atoms with Gasteiger partial charge in [-0.2, -0.15) is 5.01 Å². The number of hydrogen-bond donors (Lipinski definition) is 2. The van der Waals surface area contributed by atoms with Crippen LogP contribution in [0.1, 0.15) is 50.6 Å². The lowest BCUT2D eigenvalue weighted by molar-refractivity contribution is -0.138. The fourth-order valence-corrected chi connectivity index (χ4v) is 5.41. The number of imide groups is 1. The minimum atomic E-state index is -1.25. The Morgan fingerprint density at radius 3 is 2.63 bits per heavy atom. The molecule has 3 aromatic rings. The maximum absolute atomic E-state index is 13.0. The largest absolute Gasteiger partial charge is 0.461 e. The molecule has 2 fully saturated rings. The molecule has 10 nitrogen and oxygen atoms in total. The summed E-state index contributed by atoms with van der Waals surface area (Å²) >= 11 is 1.21. The third-order valence-corrected chi connectivity index (χ3v) is 7.40. The van der Waals surface area contributed by atoms with E-state index in [1.54, 1.807) is 43.5 Å². The zero-order valence-corrected chi connectivity index (χ0v) is 20.1. The number of aromatic nitrogens is 3. The zero-order chi connectivity index (χ0) is 24.4. The molecule has 1 saturated carbocycles. The maximum atomic E-state index is 13.0. The number of carbonyl (C=O) groups excluding carboxylic acids is 3. The first-order chi connectivity index (χ1) is 17.0. The van der Waals surface area contributed by atoms with Crippen LogP contribution < -0.4 is 10.7 Å². The summed E-state index contributed by atoms with van der Waals surface area (Å²) in [5, 5.41) is 12.7. The Hall–Kier alpha value is -3.60. The molecular weight excluding hydrogens is 468 g/mol. The predicted molar refractivity (Wildman–Crippen MR) is 128 cm³/mol. The van der Waals surface area contributed by atoms with Crippen LogP contribution in [0.2, 0.25) is 0 Å². The molecule has 2 aliphatic rings. The molecule has 1 aliphatic heterocycles. The fourth-order valence-electron chi connectivity index (χ4n) is 4.61. The van der Waals surface area contributed by atoms with Crippen molar-refractivity contribution in [2.45, 2.75) is 55.8 Å². The molecule has 11 heteroatoms. The highest BCUT2D eigenvalue weighted by Gasteiger charge is 2.50. The van der Waals surface area contributed by atoms with Crippen molar-refractivity contribution in [3.8, 4) is 11.6 Å². The number of furan rings is 1. The van der Waals surface area contributed by atoms with Gasteiger partial charge in [0.05, 0.1) is 12.0 Å². The van der Waals surface area contributed by atoms with E-state index in [-0.39, 0.29) is 11.8 Å². The van der Waals surface area contributed by atoms with Crippen molar-refractivity contribution < 1.29 is 18.8 Å². The SMILES string of the molecule is C[C@@]1(c2ccccc2)NC(=O)N(NC(=O)CSc2nnc(-c3ccco3)n2C2CCCCC2)C1=O. The molecule has 0 spiro atoms. The van der Waals surface area contributed by atoms with Gasteiger partial charge in [0.25, 0.3) is 5.91 Å². The lowest BCUT2D eigenvalue weighted by atomic mass is 9.92. The summed E-state index contributed by atoms with van der Waals surface area (Å²) in [5.41, 5.74) is 1.83. The lowest BCUT2D eigenvalue weighted by Crippen LogP contribution is -2.48. The highest BCUT2D eigenvalue weighted by molar-refractivity contribution is 7.99. The van der Waals surface area contributed by atoms with Crippen LogP contribution in [-0.2, 0) is 15.1 Å². The Bertz CT molecular complexity index is 1220. The molecule has 0 radical (unpaired) electrons. The van der Waals surface area contributed by atoms with Gasteiger partial charge in [-0.05, 0) is 37.5 Å². The molecule has 35 heavy (non-hydrogen) atoms. The van der Waals surface area contributed by atoms with E-state index in [2.05, 4.69) is 25.5 Å². The van der Waals surface area contributed by atoms with Gasteiger partial charge in [0, 0.05) is 6.04 Å². The number of thioether (sulfide) groups is 1. The molecule has 2 N–H and O–H groups in total. The second kappa shape index (κ2) is 9.57. The van der Waals surface area contributed by atoms with E-state index in [1.807, 2.05) is 12.1 Å². The smallest absolute Gasteiger partial charge is 0.344 e. The Morgan fingerprint density at radius 2 is 1.91 bits per heavy atom. The van der Waals surface area contributed by atoms with E-state index in [9.17, 15) is 14.4 Å². The van der Waals surface area contributed by atoms with Crippen molar-refractivity contribution in [2.75, 3.05) is 5.75 Å². The number of benzene rings is 1. The van der Waals surface area contributed by atoms with E-state index in [4.69, 9.17) is 4.42 Å². The number of urea groups is 1. The van der Waals surface area contributed by atoms with Crippen molar-refractivity contribution >= 4 is 29.6 Å². The average molecular weight is 495 g/mol. The standard InChI is InChI=1S/C24H26N6O4S/c1-24(16-9-4-2-5-10-16)21(32)30(22(33)25-24)28-19(31)15-35-23-27-26-20(18-13-8-14-34-18)29(23)17-11-6-3-7-12-17/h2,4-5,8-10,13-14,17H,3,6-7,11-12,15H2,1H3,(H,25,33)(H,28,31)/t24-/m0/s1. The van der Waals surface area contributed by atoms with E-state index >= 15 is 0 Å². The molecule has 0 bridgehead atoms. The van der Waals surface area contributed by atoms with Crippen molar-refractivity contribution in [3.05, 3.63) is 54.3 Å². The van der Waals surface area contributed by atoms with Crippen LogP contribution in [0.15, 0.2) is 58.3 Å². The first-order valence-corrected chi connectivity index (χ1v) is 12.6. The molecule has 1 aliphatic carbocycles. The monoisotopic (exact) mass is 494 g/mol. The lowest BCUT2D eigenvalue weighted by Gasteiger charge is -2.25. The highest BCUT2D eigenvalue weighted by atomic mass is 32.2. The van der Waals surface area contributed by atoms with E-state index in [0.717, 1.165) is 30.7 Å². The molecular formula is C24H26N6O4S. The van der Waals surface area contributed by atoms with Gasteiger partial charge >= 0.3 is 6.03 Å². The molecule has 0 unspecified atom stereocenters. The molecule has 1 saturated heterocycles. The number of nitrogens with zero attached hydrogens (tertiary/aromatic N) is 4. The minimum absolute atomic E-state index is 0.0396. The van der Waals surface area contributed by atoms with Crippen LogP contribution >= 0.6 is 11.8 Å². The second-order valence-electron chi connectivity index (χ2n) is 8.83. The van der Waals surface area contributed by atoms with Crippen molar-refractivity contribution in [1.29, 1.82) is 0 Å². The Labute approximate surface area is 206 Å². The Morgan fingerprint density at radius 1 is 1.14 bits per heavy atom. The minimum Gasteiger partial charge on any atom is -0.461 e. The number of hydrogen-bond acceptors (Lipinski definition) is 7. The molecule has 2 aromatic heterocycles. The molecule has 5 rings (SSSR count). The van der Waals surface area contributed by atoms with Crippen LogP contribution in [-0.4, -0.2) is 43.4 Å². The van der Waals surface area contributed by atoms with Gasteiger partial charge in [-0.25, -0.2) is 4.79 Å². The van der Waals surface area contributed by atoms with Gasteiger partial charge in [-0.15, -0.1) is 10.2 Å². The first kappa shape index (κ1) is 23.2. The summed E-state index contributed by atoms with van der Waals surface area (Å²) in [6, 6.07) is 12.1. The third kappa shape index (κ3) is 4.43. The summed E-state index contributed by atoms with van der Waals surface area (Å²) in [6.45, 7) is 1.62. The van der Waals surface area contributed by atoms with Gasteiger partial charge in [-0.3, -0.25) is 19.6 Å². The third-order valence-electron chi connectivity index (χ3n) is 6.46. The Balaban J connectivity index is 1.29. The summed E-state index contributed by atoms with van der Waals surface area (Å²) in [5.74, 6) is 0.185. The number of rotatable bonds is 7. The second-order valence-corrected chi connectivity index (χ2v) is 9.77. The normalized spacial score (nSPS) is 20.8. The predicted octanol–water partition coefficient (Wildman–Crippen LogP) is 3.63. The van der Waals surface area contributed by atoms with E-state index in [0.29, 0.717) is 22.3 Å². The van der Waals surface area contributed by atoms with E-state index < -0.39 is 23.4 Å². The summed E-state index contributed by atoms with van der Waals surface area (Å²) in [4.78, 5) is 38.3. The van der Waals surface area contributed by atoms with Crippen LogP contribution in [0.4, 0.5) is 4.79 Å². The quantitative estimate of drug-likeness (QED) is 0.380. The van der Waals surface area contributed by atoms with Crippen LogP contribution in [0.25, 0.3) is 11.6 Å². The average Bonchev–Trinajstić information content (AvgIpc) is 3.60. The first-order valence-electron chi connectivity index (χ1n) is 11.6.